The highest BCUT2D eigenvalue weighted by Gasteiger charge is 1.80. The summed E-state index contributed by atoms with van der Waals surface area (Å²) < 4.78 is 0. The van der Waals surface area contributed by atoms with Crippen molar-refractivity contribution >= 4 is 0 Å². The Bertz CT molecular complexity index is 503. The van der Waals surface area contributed by atoms with E-state index in [2.05, 4.69) is 9.97 Å². The van der Waals surface area contributed by atoms with Gasteiger partial charge in [0, 0.05) is 24.5 Å². The smallest absolute Gasteiger partial charge is 0.248 e. The van der Waals surface area contributed by atoms with Crippen molar-refractivity contribution < 1.29 is 0 Å². The van der Waals surface area contributed by atoms with Crippen LogP contribution in [0.4, 0.5) is 0 Å². The first-order valence-electron chi connectivity index (χ1n) is 4.88. The van der Waals surface area contributed by atoms with Crippen molar-refractivity contribution in [3.63, 3.8) is 0 Å². The number of rotatable bonds is 0. The molecule has 0 amide bonds. The van der Waals surface area contributed by atoms with Gasteiger partial charge in [0.05, 0.1) is 0 Å². The third kappa shape index (κ3) is 4.41. The van der Waals surface area contributed by atoms with Crippen LogP contribution in [0.15, 0.2) is 46.2 Å². The number of hydrogen-bond donors (Lipinski definition) is 2. The molecule has 2 heterocycles. The van der Waals surface area contributed by atoms with Crippen molar-refractivity contribution in [2.24, 2.45) is 0 Å². The summed E-state index contributed by atoms with van der Waals surface area (Å²) in [5.74, 6) is 0. The van der Waals surface area contributed by atoms with E-state index in [1.807, 2.05) is 26.0 Å². The molecule has 4 nitrogen and oxygen atoms in total. The zero-order valence-corrected chi connectivity index (χ0v) is 9.28. The zero-order chi connectivity index (χ0) is 12.0. The Morgan fingerprint density at radius 3 is 1.38 bits per heavy atom. The lowest BCUT2D eigenvalue weighted by molar-refractivity contribution is 1.21. The Morgan fingerprint density at radius 1 is 0.812 bits per heavy atom. The van der Waals surface area contributed by atoms with Crippen LogP contribution in [0.25, 0.3) is 0 Å². The van der Waals surface area contributed by atoms with E-state index in [4.69, 9.17) is 0 Å². The van der Waals surface area contributed by atoms with Gasteiger partial charge in [0.25, 0.3) is 0 Å². The van der Waals surface area contributed by atoms with Gasteiger partial charge in [-0.3, -0.25) is 9.59 Å². The quantitative estimate of drug-likeness (QED) is 0.701. The molecule has 0 aliphatic rings. The molecular formula is C12H14N2O2. The number of pyridine rings is 2. The monoisotopic (exact) mass is 218 g/mol. The lowest BCUT2D eigenvalue weighted by atomic mass is 10.3. The van der Waals surface area contributed by atoms with E-state index in [0.29, 0.717) is 0 Å². The van der Waals surface area contributed by atoms with E-state index < -0.39 is 0 Å². The van der Waals surface area contributed by atoms with E-state index in [1.165, 1.54) is 0 Å². The molecule has 2 rings (SSSR count). The second-order valence-corrected chi connectivity index (χ2v) is 3.46. The number of aryl methyl sites for hydroxylation is 2. The molecule has 0 radical (unpaired) electrons. The lowest BCUT2D eigenvalue weighted by Gasteiger charge is -1.83. The highest BCUT2D eigenvalue weighted by Crippen LogP contribution is 1.85. The zero-order valence-electron chi connectivity index (χ0n) is 9.28. The van der Waals surface area contributed by atoms with Crippen molar-refractivity contribution in [2.75, 3.05) is 0 Å². The number of nitrogens with one attached hydrogen (secondary N) is 2. The van der Waals surface area contributed by atoms with Gasteiger partial charge in [-0.25, -0.2) is 0 Å². The van der Waals surface area contributed by atoms with E-state index in [-0.39, 0.29) is 11.1 Å². The molecule has 0 aliphatic heterocycles. The fourth-order valence-corrected chi connectivity index (χ4v) is 1.10. The number of aromatic amines is 2. The van der Waals surface area contributed by atoms with Gasteiger partial charge in [0.15, 0.2) is 0 Å². The van der Waals surface area contributed by atoms with Crippen LogP contribution in [0.5, 0.6) is 0 Å². The van der Waals surface area contributed by atoms with Crippen LogP contribution in [0, 0.1) is 13.8 Å². The molecule has 0 aromatic carbocycles. The van der Waals surface area contributed by atoms with E-state index in [9.17, 15) is 9.59 Å². The molecule has 16 heavy (non-hydrogen) atoms. The Hall–Kier alpha value is -2.10. The highest BCUT2D eigenvalue weighted by molar-refractivity contribution is 5.06. The van der Waals surface area contributed by atoms with Gasteiger partial charge in [0.1, 0.15) is 0 Å². The Morgan fingerprint density at radius 2 is 1.19 bits per heavy atom. The summed E-state index contributed by atoms with van der Waals surface area (Å²) >= 11 is 0. The van der Waals surface area contributed by atoms with Crippen molar-refractivity contribution in [3.05, 3.63) is 68.5 Å². The Balaban J connectivity index is 0.000000160. The Kier molecular flexibility index (Phi) is 4.27. The minimum Gasteiger partial charge on any atom is -0.329 e. The topological polar surface area (TPSA) is 65.7 Å². The molecule has 0 spiro atoms. The molecule has 0 saturated heterocycles. The van der Waals surface area contributed by atoms with Crippen molar-refractivity contribution in [1.29, 1.82) is 0 Å². The van der Waals surface area contributed by atoms with Gasteiger partial charge < -0.3 is 9.97 Å². The predicted molar refractivity (Wildman–Crippen MR) is 63.6 cm³/mol. The molecule has 2 N–H and O–H groups in total. The molecule has 0 unspecified atom stereocenters. The summed E-state index contributed by atoms with van der Waals surface area (Å²) in [6.07, 6.45) is 3.27. The molecule has 2 aromatic heterocycles. The third-order valence-electron chi connectivity index (χ3n) is 1.86. The van der Waals surface area contributed by atoms with Crippen molar-refractivity contribution in [2.45, 2.75) is 13.8 Å². The minimum atomic E-state index is -0.0370. The van der Waals surface area contributed by atoms with Crippen LogP contribution in [0.1, 0.15) is 11.1 Å². The summed E-state index contributed by atoms with van der Waals surface area (Å²) in [7, 11) is 0. The van der Waals surface area contributed by atoms with E-state index >= 15 is 0 Å². The summed E-state index contributed by atoms with van der Waals surface area (Å²) in [6, 6.07) is 6.81. The molecule has 84 valence electrons. The van der Waals surface area contributed by atoms with Crippen molar-refractivity contribution in [3.8, 4) is 0 Å². The van der Waals surface area contributed by atoms with E-state index in [1.54, 1.807) is 24.5 Å². The van der Waals surface area contributed by atoms with Gasteiger partial charge in [-0.15, -0.1) is 0 Å². The lowest BCUT2D eigenvalue weighted by Crippen LogP contribution is -2.01. The third-order valence-corrected chi connectivity index (χ3v) is 1.86. The van der Waals surface area contributed by atoms with Crippen LogP contribution < -0.4 is 11.1 Å². The van der Waals surface area contributed by atoms with Crippen LogP contribution in [-0.4, -0.2) is 9.97 Å². The first kappa shape index (κ1) is 12.0. The van der Waals surface area contributed by atoms with Crippen molar-refractivity contribution in [1.82, 2.24) is 9.97 Å². The molecular weight excluding hydrogens is 204 g/mol. The van der Waals surface area contributed by atoms with Gasteiger partial charge >= 0.3 is 0 Å². The number of aromatic nitrogens is 2. The number of H-pyrrole nitrogens is 2. The predicted octanol–water partition coefficient (Wildman–Crippen LogP) is 1.37. The SMILES string of the molecule is Cc1cc[nH]c(=O)c1.Cc1cc[nH]c(=O)c1. The summed E-state index contributed by atoms with van der Waals surface area (Å²) in [4.78, 5) is 25.9. The van der Waals surface area contributed by atoms with Crippen LogP contribution in [-0.2, 0) is 0 Å². The molecule has 0 fully saturated rings. The van der Waals surface area contributed by atoms with Crippen LogP contribution in [0.3, 0.4) is 0 Å². The molecule has 2 aromatic rings. The van der Waals surface area contributed by atoms with Gasteiger partial charge in [-0.1, -0.05) is 0 Å². The summed E-state index contributed by atoms with van der Waals surface area (Å²) in [5.41, 5.74) is 1.91. The summed E-state index contributed by atoms with van der Waals surface area (Å²) in [5, 5.41) is 0. The van der Waals surface area contributed by atoms with E-state index in [0.717, 1.165) is 11.1 Å². The van der Waals surface area contributed by atoms with Crippen LogP contribution in [0.2, 0.25) is 0 Å². The standard InChI is InChI=1S/2C6H7NO/c2*1-5-2-3-7-6(8)4-5/h2*2-4H,1H3,(H,7,8). The second-order valence-electron chi connectivity index (χ2n) is 3.46. The fourth-order valence-electron chi connectivity index (χ4n) is 1.10. The maximum atomic E-state index is 10.4. The fraction of sp³-hybridized carbons (Fsp3) is 0.167. The van der Waals surface area contributed by atoms with Crippen LogP contribution >= 0.6 is 0 Å². The average molecular weight is 218 g/mol. The minimum absolute atomic E-state index is 0.0370. The highest BCUT2D eigenvalue weighted by atomic mass is 16.1. The second kappa shape index (κ2) is 5.70. The molecule has 0 atom stereocenters. The first-order chi connectivity index (χ1) is 7.58. The first-order valence-corrected chi connectivity index (χ1v) is 4.88. The maximum Gasteiger partial charge on any atom is 0.248 e. The number of hydrogen-bond acceptors (Lipinski definition) is 2. The molecule has 4 heteroatoms. The van der Waals surface area contributed by atoms with Gasteiger partial charge in [0.2, 0.25) is 11.1 Å². The molecule has 0 saturated carbocycles. The normalized spacial score (nSPS) is 9.12. The molecule has 0 bridgehead atoms. The summed E-state index contributed by atoms with van der Waals surface area (Å²) in [6.45, 7) is 3.77. The maximum absolute atomic E-state index is 10.4. The Labute approximate surface area is 93.0 Å². The van der Waals surface area contributed by atoms with Gasteiger partial charge in [-0.2, -0.15) is 0 Å². The van der Waals surface area contributed by atoms with Gasteiger partial charge in [-0.05, 0) is 37.1 Å². The average Bonchev–Trinajstić information content (AvgIpc) is 2.17. The largest absolute Gasteiger partial charge is 0.329 e. The molecule has 0 aliphatic carbocycles.